The highest BCUT2D eigenvalue weighted by Crippen LogP contribution is 2.20. The molecular weight excluding hydrogens is 376 g/mol. The highest BCUT2D eigenvalue weighted by Gasteiger charge is 2.25. The SMILES string of the molecule is CCCCCCCCCCCCCCCC(=O)CCCC(C)(C)OS(=O)(=O)O. The van der Waals surface area contributed by atoms with Crippen LogP contribution in [0.1, 0.15) is 130 Å². The van der Waals surface area contributed by atoms with Gasteiger partial charge >= 0.3 is 10.4 Å². The molecule has 0 heterocycles. The first-order valence-electron chi connectivity index (χ1n) is 11.4. The Labute approximate surface area is 174 Å². The molecule has 5 nitrogen and oxygen atoms in total. The minimum atomic E-state index is -4.45. The van der Waals surface area contributed by atoms with Crippen molar-refractivity contribution in [2.75, 3.05) is 0 Å². The van der Waals surface area contributed by atoms with Crippen molar-refractivity contribution in [2.45, 2.75) is 136 Å². The van der Waals surface area contributed by atoms with Crippen molar-refractivity contribution in [3.63, 3.8) is 0 Å². The molecule has 0 saturated carbocycles. The molecule has 0 radical (unpaired) electrons. The van der Waals surface area contributed by atoms with Gasteiger partial charge in [0.2, 0.25) is 0 Å². The number of unbranched alkanes of at least 4 members (excludes halogenated alkanes) is 12. The van der Waals surface area contributed by atoms with Gasteiger partial charge in [-0.1, -0.05) is 84.0 Å². The fourth-order valence-corrected chi connectivity index (χ4v) is 4.16. The third-order valence-corrected chi connectivity index (χ3v) is 5.79. The maximum atomic E-state index is 11.9. The first-order chi connectivity index (χ1) is 13.2. The molecule has 0 rings (SSSR count). The van der Waals surface area contributed by atoms with E-state index in [1.807, 2.05) is 0 Å². The van der Waals surface area contributed by atoms with Crippen LogP contribution in [-0.2, 0) is 19.4 Å². The number of hydrogen-bond acceptors (Lipinski definition) is 4. The number of carbonyl (C=O) groups excluding carboxylic acids is 1. The molecule has 0 aliphatic rings. The quantitative estimate of drug-likeness (QED) is 0.173. The molecule has 6 heteroatoms. The number of Topliss-reactive ketones (excluding diaryl/α,β-unsaturated/α-hetero) is 1. The van der Waals surface area contributed by atoms with E-state index in [0.717, 1.165) is 12.8 Å². The van der Waals surface area contributed by atoms with Gasteiger partial charge in [0.15, 0.2) is 0 Å². The first-order valence-corrected chi connectivity index (χ1v) is 12.7. The molecule has 0 aromatic carbocycles. The Hall–Kier alpha value is -0.460. The number of ketones is 1. The molecule has 0 bridgehead atoms. The zero-order valence-electron chi connectivity index (χ0n) is 18.5. The van der Waals surface area contributed by atoms with Gasteiger partial charge in [-0.05, 0) is 33.1 Å². The monoisotopic (exact) mass is 420 g/mol. The summed E-state index contributed by atoms with van der Waals surface area (Å²) in [6, 6.07) is 0. The van der Waals surface area contributed by atoms with Gasteiger partial charge in [-0.15, -0.1) is 0 Å². The van der Waals surface area contributed by atoms with Crippen LogP contribution in [0.5, 0.6) is 0 Å². The van der Waals surface area contributed by atoms with Crippen molar-refractivity contribution in [1.82, 2.24) is 0 Å². The first kappa shape index (κ1) is 27.5. The highest BCUT2D eigenvalue weighted by molar-refractivity contribution is 7.80. The zero-order valence-corrected chi connectivity index (χ0v) is 19.3. The van der Waals surface area contributed by atoms with Gasteiger partial charge < -0.3 is 0 Å². The molecule has 0 spiro atoms. The van der Waals surface area contributed by atoms with Gasteiger partial charge in [0.05, 0.1) is 5.60 Å². The van der Waals surface area contributed by atoms with Crippen LogP contribution in [0.4, 0.5) is 0 Å². The molecule has 0 amide bonds. The summed E-state index contributed by atoms with van der Waals surface area (Å²) in [6.45, 7) is 5.44. The third kappa shape index (κ3) is 20.3. The van der Waals surface area contributed by atoms with Crippen LogP contribution in [0, 0.1) is 0 Å². The fraction of sp³-hybridized carbons (Fsp3) is 0.955. The predicted octanol–water partition coefficient (Wildman–Crippen LogP) is 6.81. The molecule has 0 aromatic heterocycles. The standard InChI is InChI=1S/C22H44O5S/c1-4-5-6-7-8-9-10-11-12-13-14-15-16-18-21(23)19-17-20-22(2,3)27-28(24,25)26/h4-20H2,1-3H3,(H,24,25,26). The van der Waals surface area contributed by atoms with Crippen LogP contribution >= 0.6 is 0 Å². The molecule has 1 N–H and O–H groups in total. The van der Waals surface area contributed by atoms with Crippen LogP contribution in [0.15, 0.2) is 0 Å². The maximum Gasteiger partial charge on any atom is 0.397 e. The summed E-state index contributed by atoms with van der Waals surface area (Å²) in [7, 11) is -4.45. The summed E-state index contributed by atoms with van der Waals surface area (Å²) in [5.74, 6) is 0.228. The average molecular weight is 421 g/mol. The lowest BCUT2D eigenvalue weighted by Crippen LogP contribution is -2.27. The van der Waals surface area contributed by atoms with Gasteiger partial charge in [0, 0.05) is 12.8 Å². The fourth-order valence-electron chi connectivity index (χ4n) is 3.50. The lowest BCUT2D eigenvalue weighted by atomic mass is 9.98. The lowest BCUT2D eigenvalue weighted by molar-refractivity contribution is -0.119. The smallest absolute Gasteiger partial charge is 0.300 e. The lowest BCUT2D eigenvalue weighted by Gasteiger charge is -2.22. The Balaban J connectivity index is 3.44. The van der Waals surface area contributed by atoms with Gasteiger partial charge in [0.1, 0.15) is 5.78 Å². The van der Waals surface area contributed by atoms with Gasteiger partial charge in [-0.3, -0.25) is 9.35 Å². The van der Waals surface area contributed by atoms with Crippen molar-refractivity contribution in [3.8, 4) is 0 Å². The van der Waals surface area contributed by atoms with Gasteiger partial charge in [-0.2, -0.15) is 8.42 Å². The second-order valence-corrected chi connectivity index (χ2v) is 9.68. The second kappa shape index (κ2) is 16.3. The predicted molar refractivity (Wildman–Crippen MR) is 116 cm³/mol. The molecule has 0 unspecified atom stereocenters. The van der Waals surface area contributed by atoms with Crippen molar-refractivity contribution in [3.05, 3.63) is 0 Å². The van der Waals surface area contributed by atoms with E-state index in [1.165, 1.54) is 70.6 Å². The molecule has 0 aliphatic heterocycles. The average Bonchev–Trinajstić information content (AvgIpc) is 2.56. The summed E-state index contributed by atoms with van der Waals surface area (Å²) in [5.41, 5.74) is -0.983. The van der Waals surface area contributed by atoms with Crippen molar-refractivity contribution in [1.29, 1.82) is 0 Å². The van der Waals surface area contributed by atoms with E-state index in [4.69, 9.17) is 4.55 Å². The summed E-state index contributed by atoms with van der Waals surface area (Å²) in [6.07, 6.45) is 18.8. The minimum absolute atomic E-state index is 0.228. The van der Waals surface area contributed by atoms with E-state index < -0.39 is 16.0 Å². The Morgan fingerprint density at radius 1 is 0.750 bits per heavy atom. The maximum absolute atomic E-state index is 11.9. The molecule has 0 saturated heterocycles. The van der Waals surface area contributed by atoms with Crippen LogP contribution in [0.25, 0.3) is 0 Å². The van der Waals surface area contributed by atoms with Crippen molar-refractivity contribution >= 4 is 16.2 Å². The van der Waals surface area contributed by atoms with Gasteiger partial charge in [0.25, 0.3) is 0 Å². The van der Waals surface area contributed by atoms with E-state index >= 15 is 0 Å². The molecule has 0 aliphatic carbocycles. The Morgan fingerprint density at radius 3 is 1.57 bits per heavy atom. The van der Waals surface area contributed by atoms with Crippen molar-refractivity contribution in [2.24, 2.45) is 0 Å². The number of carbonyl (C=O) groups is 1. The molecule has 0 atom stereocenters. The second-order valence-electron chi connectivity index (χ2n) is 8.66. The van der Waals surface area contributed by atoms with Crippen LogP contribution in [0.3, 0.4) is 0 Å². The summed E-state index contributed by atoms with van der Waals surface area (Å²) in [5, 5.41) is 0. The third-order valence-electron chi connectivity index (χ3n) is 5.12. The molecule has 0 fully saturated rings. The van der Waals surface area contributed by atoms with Crippen LogP contribution in [-0.4, -0.2) is 24.4 Å². The minimum Gasteiger partial charge on any atom is -0.300 e. The molecule has 28 heavy (non-hydrogen) atoms. The van der Waals surface area contributed by atoms with E-state index in [2.05, 4.69) is 11.1 Å². The summed E-state index contributed by atoms with van der Waals surface area (Å²) >= 11 is 0. The largest absolute Gasteiger partial charge is 0.397 e. The molecular formula is C22H44O5S. The van der Waals surface area contributed by atoms with E-state index in [9.17, 15) is 13.2 Å². The summed E-state index contributed by atoms with van der Waals surface area (Å²) < 4.78 is 34.9. The van der Waals surface area contributed by atoms with E-state index in [1.54, 1.807) is 13.8 Å². The Bertz CT molecular complexity index is 485. The Kier molecular flexibility index (Phi) is 16.1. The highest BCUT2D eigenvalue weighted by atomic mass is 32.3. The normalized spacial score (nSPS) is 12.4. The zero-order chi connectivity index (χ0) is 21.3. The molecule has 0 aromatic rings. The summed E-state index contributed by atoms with van der Waals surface area (Å²) in [4.78, 5) is 11.9. The van der Waals surface area contributed by atoms with Crippen molar-refractivity contribution < 1.29 is 21.9 Å². The number of hydrogen-bond donors (Lipinski definition) is 1. The van der Waals surface area contributed by atoms with E-state index in [0.29, 0.717) is 25.7 Å². The Morgan fingerprint density at radius 2 is 1.14 bits per heavy atom. The topological polar surface area (TPSA) is 80.7 Å². The van der Waals surface area contributed by atoms with Gasteiger partial charge in [-0.25, -0.2) is 4.18 Å². The van der Waals surface area contributed by atoms with E-state index in [-0.39, 0.29) is 5.78 Å². The number of rotatable bonds is 20. The molecule has 168 valence electrons. The van der Waals surface area contributed by atoms with Crippen LogP contribution < -0.4 is 0 Å². The van der Waals surface area contributed by atoms with Crippen LogP contribution in [0.2, 0.25) is 0 Å².